The van der Waals surface area contributed by atoms with Crippen molar-refractivity contribution in [1.82, 2.24) is 5.16 Å². The Hall–Kier alpha value is -4.53. The summed E-state index contributed by atoms with van der Waals surface area (Å²) >= 11 is 0. The standard InChI is InChI=1S/C23H17N3O6/c1-14(22(27)24-17-8-5-9-18(13-17)26(29)30)31-23(28)16-10-11-20-19(12-16)21(32-25-20)15-6-3-2-4-7-15/h2-14H,1H3,(H,24,27). The van der Waals surface area contributed by atoms with Gasteiger partial charge in [0.2, 0.25) is 0 Å². The summed E-state index contributed by atoms with van der Waals surface area (Å²) in [6.07, 6.45) is -1.13. The van der Waals surface area contributed by atoms with Crippen LogP contribution in [0, 0.1) is 10.1 Å². The van der Waals surface area contributed by atoms with Crippen molar-refractivity contribution in [3.8, 4) is 11.3 Å². The molecule has 9 heteroatoms. The number of esters is 1. The number of hydrogen-bond donors (Lipinski definition) is 1. The van der Waals surface area contributed by atoms with Gasteiger partial charge in [0, 0.05) is 23.4 Å². The molecular weight excluding hydrogens is 414 g/mol. The highest BCUT2D eigenvalue weighted by atomic mass is 16.6. The molecule has 0 aliphatic heterocycles. The topological polar surface area (TPSA) is 125 Å². The second-order valence-corrected chi connectivity index (χ2v) is 6.95. The molecule has 1 unspecified atom stereocenters. The number of nitrogens with zero attached hydrogens (tertiary/aromatic N) is 2. The highest BCUT2D eigenvalue weighted by molar-refractivity contribution is 6.01. The number of amides is 1. The number of non-ortho nitro benzene ring substituents is 1. The minimum absolute atomic E-state index is 0.163. The highest BCUT2D eigenvalue weighted by Crippen LogP contribution is 2.29. The lowest BCUT2D eigenvalue weighted by molar-refractivity contribution is -0.384. The normalized spacial score (nSPS) is 11.7. The number of nitro benzene ring substituents is 1. The minimum atomic E-state index is -1.13. The fourth-order valence-electron chi connectivity index (χ4n) is 3.09. The van der Waals surface area contributed by atoms with Gasteiger partial charge in [-0.25, -0.2) is 4.79 Å². The zero-order valence-corrected chi connectivity index (χ0v) is 16.8. The van der Waals surface area contributed by atoms with E-state index in [0.29, 0.717) is 16.7 Å². The molecule has 4 aromatic rings. The monoisotopic (exact) mass is 431 g/mol. The second-order valence-electron chi connectivity index (χ2n) is 6.95. The summed E-state index contributed by atoms with van der Waals surface area (Å²) in [6.45, 7) is 1.41. The average molecular weight is 431 g/mol. The molecule has 160 valence electrons. The quantitative estimate of drug-likeness (QED) is 0.269. The smallest absolute Gasteiger partial charge is 0.338 e. The molecule has 1 atom stereocenters. The molecule has 0 aliphatic rings. The summed E-state index contributed by atoms with van der Waals surface area (Å²) in [4.78, 5) is 35.3. The van der Waals surface area contributed by atoms with E-state index in [2.05, 4.69) is 10.5 Å². The molecule has 1 N–H and O–H groups in total. The maximum Gasteiger partial charge on any atom is 0.338 e. The van der Waals surface area contributed by atoms with Gasteiger partial charge in [-0.1, -0.05) is 41.6 Å². The molecule has 0 aliphatic carbocycles. The molecule has 0 fully saturated rings. The van der Waals surface area contributed by atoms with Crippen LogP contribution < -0.4 is 5.32 Å². The van der Waals surface area contributed by atoms with Crippen LogP contribution in [0.2, 0.25) is 0 Å². The number of fused-ring (bicyclic) bond motifs is 1. The van der Waals surface area contributed by atoms with Gasteiger partial charge < -0.3 is 14.6 Å². The van der Waals surface area contributed by atoms with Crippen LogP contribution in [-0.2, 0) is 9.53 Å². The Morgan fingerprint density at radius 1 is 1.06 bits per heavy atom. The molecule has 1 heterocycles. The maximum absolute atomic E-state index is 12.6. The SMILES string of the molecule is CC(OC(=O)c1ccc2noc(-c3ccccc3)c2c1)C(=O)Nc1cccc([N+](=O)[O-])c1. The Bertz CT molecular complexity index is 1320. The fraction of sp³-hybridized carbons (Fsp3) is 0.0870. The van der Waals surface area contributed by atoms with E-state index in [1.54, 1.807) is 12.1 Å². The van der Waals surface area contributed by atoms with Crippen LogP contribution in [0.25, 0.3) is 22.2 Å². The largest absolute Gasteiger partial charge is 0.449 e. The van der Waals surface area contributed by atoms with Gasteiger partial charge in [0.05, 0.1) is 15.9 Å². The van der Waals surface area contributed by atoms with Crippen molar-refractivity contribution in [3.05, 3.63) is 88.5 Å². The van der Waals surface area contributed by atoms with E-state index in [-0.39, 0.29) is 16.9 Å². The van der Waals surface area contributed by atoms with Crippen LogP contribution in [0.3, 0.4) is 0 Å². The Labute approximate surface area is 181 Å². The Kier molecular flexibility index (Phi) is 5.63. The molecule has 0 spiro atoms. The lowest BCUT2D eigenvalue weighted by Crippen LogP contribution is -2.30. The zero-order valence-electron chi connectivity index (χ0n) is 16.8. The van der Waals surface area contributed by atoms with E-state index in [4.69, 9.17) is 9.26 Å². The lowest BCUT2D eigenvalue weighted by Gasteiger charge is -2.13. The molecule has 0 bridgehead atoms. The molecule has 9 nitrogen and oxygen atoms in total. The zero-order chi connectivity index (χ0) is 22.7. The summed E-state index contributed by atoms with van der Waals surface area (Å²) in [5.74, 6) is -0.796. The van der Waals surface area contributed by atoms with E-state index >= 15 is 0 Å². The summed E-state index contributed by atoms with van der Waals surface area (Å²) in [6, 6.07) is 19.6. The van der Waals surface area contributed by atoms with Gasteiger partial charge >= 0.3 is 5.97 Å². The van der Waals surface area contributed by atoms with Crippen molar-refractivity contribution in [3.63, 3.8) is 0 Å². The lowest BCUT2D eigenvalue weighted by atomic mass is 10.1. The summed E-state index contributed by atoms with van der Waals surface area (Å²) in [7, 11) is 0. The van der Waals surface area contributed by atoms with Crippen molar-refractivity contribution >= 4 is 34.2 Å². The van der Waals surface area contributed by atoms with Crippen molar-refractivity contribution in [2.75, 3.05) is 5.32 Å². The van der Waals surface area contributed by atoms with Crippen molar-refractivity contribution in [2.45, 2.75) is 13.0 Å². The molecule has 4 rings (SSSR count). The maximum atomic E-state index is 12.6. The number of anilines is 1. The van der Waals surface area contributed by atoms with Gasteiger partial charge in [-0.15, -0.1) is 0 Å². The third-order valence-electron chi connectivity index (χ3n) is 4.73. The van der Waals surface area contributed by atoms with E-state index in [1.807, 2.05) is 30.3 Å². The first-order valence-electron chi connectivity index (χ1n) is 9.63. The van der Waals surface area contributed by atoms with Gasteiger partial charge in [0.15, 0.2) is 11.9 Å². The number of benzene rings is 3. The number of carbonyl (C=O) groups excluding carboxylic acids is 2. The van der Waals surface area contributed by atoms with Crippen LogP contribution in [0.1, 0.15) is 17.3 Å². The number of nitrogens with one attached hydrogen (secondary N) is 1. The number of rotatable bonds is 6. The molecule has 1 amide bonds. The first kappa shape index (κ1) is 20.7. The Morgan fingerprint density at radius 2 is 1.84 bits per heavy atom. The van der Waals surface area contributed by atoms with Crippen LogP contribution in [-0.4, -0.2) is 28.1 Å². The molecule has 0 radical (unpaired) electrons. The third-order valence-corrected chi connectivity index (χ3v) is 4.73. The average Bonchev–Trinajstić information content (AvgIpc) is 3.23. The second kappa shape index (κ2) is 8.68. The van der Waals surface area contributed by atoms with E-state index in [1.165, 1.54) is 37.3 Å². The van der Waals surface area contributed by atoms with E-state index in [0.717, 1.165) is 5.56 Å². The highest BCUT2D eigenvalue weighted by Gasteiger charge is 2.21. The van der Waals surface area contributed by atoms with Crippen molar-refractivity contribution in [2.24, 2.45) is 0 Å². The summed E-state index contributed by atoms with van der Waals surface area (Å²) in [5, 5.41) is 18.0. The molecule has 0 saturated carbocycles. The Morgan fingerprint density at radius 3 is 2.59 bits per heavy atom. The molecule has 3 aromatic carbocycles. The van der Waals surface area contributed by atoms with Gasteiger partial charge in [-0.05, 0) is 31.2 Å². The minimum Gasteiger partial charge on any atom is -0.449 e. The number of hydrogen-bond acceptors (Lipinski definition) is 7. The first-order chi connectivity index (χ1) is 15.4. The fourth-order valence-corrected chi connectivity index (χ4v) is 3.09. The van der Waals surface area contributed by atoms with Gasteiger partial charge in [0.1, 0.15) is 5.52 Å². The number of ether oxygens (including phenoxy) is 1. The number of nitro groups is 1. The van der Waals surface area contributed by atoms with E-state index in [9.17, 15) is 19.7 Å². The van der Waals surface area contributed by atoms with E-state index < -0.39 is 22.9 Å². The van der Waals surface area contributed by atoms with Crippen molar-refractivity contribution in [1.29, 1.82) is 0 Å². The molecular formula is C23H17N3O6. The molecule has 1 aromatic heterocycles. The Balaban J connectivity index is 1.49. The van der Waals surface area contributed by atoms with Gasteiger partial charge in [-0.2, -0.15) is 0 Å². The van der Waals surface area contributed by atoms with Gasteiger partial charge in [0.25, 0.3) is 11.6 Å². The van der Waals surface area contributed by atoms with Gasteiger partial charge in [-0.3, -0.25) is 14.9 Å². The van der Waals surface area contributed by atoms with Crippen LogP contribution >= 0.6 is 0 Å². The summed E-state index contributed by atoms with van der Waals surface area (Å²) in [5.41, 5.74) is 1.68. The molecule has 0 saturated heterocycles. The predicted octanol–water partition coefficient (Wildman–Crippen LogP) is 4.59. The summed E-state index contributed by atoms with van der Waals surface area (Å²) < 4.78 is 10.7. The van der Waals surface area contributed by atoms with Crippen LogP contribution in [0.5, 0.6) is 0 Å². The first-order valence-corrected chi connectivity index (χ1v) is 9.63. The third kappa shape index (κ3) is 4.31. The van der Waals surface area contributed by atoms with Crippen LogP contribution in [0.15, 0.2) is 77.3 Å². The predicted molar refractivity (Wildman–Crippen MR) is 116 cm³/mol. The molecule has 32 heavy (non-hydrogen) atoms. The number of carbonyl (C=O) groups is 2. The van der Waals surface area contributed by atoms with Crippen LogP contribution in [0.4, 0.5) is 11.4 Å². The number of aromatic nitrogens is 1. The van der Waals surface area contributed by atoms with Crippen molar-refractivity contribution < 1.29 is 23.8 Å².